The highest BCUT2D eigenvalue weighted by Crippen LogP contribution is 2.20. The second kappa shape index (κ2) is 6.27. The molecule has 0 aliphatic carbocycles. The Morgan fingerprint density at radius 2 is 1.89 bits per heavy atom. The number of benzene rings is 1. The molecule has 0 aromatic heterocycles. The van der Waals surface area contributed by atoms with Gasteiger partial charge in [0.2, 0.25) is 0 Å². The average Bonchev–Trinajstić information content (AvgIpc) is 2.39. The summed E-state index contributed by atoms with van der Waals surface area (Å²) < 4.78 is 13.8. The third kappa shape index (κ3) is 3.28. The molecule has 1 aliphatic heterocycles. The summed E-state index contributed by atoms with van der Waals surface area (Å²) in [4.78, 5) is 2.31. The van der Waals surface area contributed by atoms with E-state index in [2.05, 4.69) is 29.3 Å². The van der Waals surface area contributed by atoms with Gasteiger partial charge in [-0.05, 0) is 19.5 Å². The Hall–Kier alpha value is -0.970. The number of likely N-dealkylation sites (N-methyl/N-ethyl adjacent to an activating group) is 1. The summed E-state index contributed by atoms with van der Waals surface area (Å²) in [5.41, 5.74) is 4.21. The first kappa shape index (κ1) is 13.5. The molecule has 0 spiro atoms. The van der Waals surface area contributed by atoms with E-state index in [9.17, 15) is 4.39 Å². The van der Waals surface area contributed by atoms with Crippen molar-refractivity contribution in [1.82, 2.24) is 15.3 Å². The molecule has 2 rings (SSSR count). The molecule has 1 fully saturated rings. The van der Waals surface area contributed by atoms with Crippen LogP contribution in [0.2, 0.25) is 0 Å². The number of rotatable bonds is 4. The van der Waals surface area contributed by atoms with Gasteiger partial charge < -0.3 is 4.90 Å². The number of piperazine rings is 1. The van der Waals surface area contributed by atoms with Gasteiger partial charge in [0.1, 0.15) is 5.82 Å². The van der Waals surface area contributed by atoms with Gasteiger partial charge in [-0.3, -0.25) is 0 Å². The summed E-state index contributed by atoms with van der Waals surface area (Å²) >= 11 is 0. The lowest BCUT2D eigenvalue weighted by Crippen LogP contribution is -2.51. The second-order valence-corrected chi connectivity index (χ2v) is 4.90. The van der Waals surface area contributed by atoms with E-state index in [4.69, 9.17) is 0 Å². The lowest BCUT2D eigenvalue weighted by atomic mass is 10.0. The summed E-state index contributed by atoms with van der Waals surface area (Å²) in [7, 11) is 2.13. The van der Waals surface area contributed by atoms with Crippen LogP contribution in [0.25, 0.3) is 0 Å². The Labute approximate surface area is 109 Å². The largest absolute Gasteiger partial charge is 0.304 e. The summed E-state index contributed by atoms with van der Waals surface area (Å²) in [6.45, 7) is 6.17. The lowest BCUT2D eigenvalue weighted by molar-refractivity contribution is 0.0849. The standard InChI is InChI=1S/C14H22FN3/c1-3-14(12-6-4-5-7-13(12)15)16-18-10-8-17(2)9-11-18/h4-7,14,16H,3,8-11H2,1-2H3. The minimum absolute atomic E-state index is 0.0645. The van der Waals surface area contributed by atoms with Gasteiger partial charge in [-0.15, -0.1) is 0 Å². The highest BCUT2D eigenvalue weighted by atomic mass is 19.1. The van der Waals surface area contributed by atoms with Crippen LogP contribution in [0.3, 0.4) is 0 Å². The summed E-state index contributed by atoms with van der Waals surface area (Å²) in [6, 6.07) is 7.10. The lowest BCUT2D eigenvalue weighted by Gasteiger charge is -2.35. The number of nitrogens with one attached hydrogen (secondary N) is 1. The molecule has 0 amide bonds. The number of nitrogens with zero attached hydrogens (tertiary/aromatic N) is 2. The van der Waals surface area contributed by atoms with Gasteiger partial charge in [0.25, 0.3) is 0 Å². The predicted molar refractivity (Wildman–Crippen MR) is 71.6 cm³/mol. The topological polar surface area (TPSA) is 18.5 Å². The maximum absolute atomic E-state index is 13.8. The molecule has 0 saturated carbocycles. The Morgan fingerprint density at radius 3 is 2.50 bits per heavy atom. The van der Waals surface area contributed by atoms with Crippen LogP contribution in [-0.4, -0.2) is 43.1 Å². The molecule has 1 heterocycles. The molecular weight excluding hydrogens is 229 g/mol. The molecule has 0 bridgehead atoms. The minimum Gasteiger partial charge on any atom is -0.304 e. The zero-order valence-corrected chi connectivity index (χ0v) is 11.2. The van der Waals surface area contributed by atoms with Crippen LogP contribution in [-0.2, 0) is 0 Å². The maximum atomic E-state index is 13.8. The van der Waals surface area contributed by atoms with Gasteiger partial charge in [0.15, 0.2) is 0 Å². The normalized spacial score (nSPS) is 19.9. The third-order valence-corrected chi connectivity index (χ3v) is 3.53. The molecule has 100 valence electrons. The van der Waals surface area contributed by atoms with E-state index < -0.39 is 0 Å². The number of halogens is 1. The predicted octanol–water partition coefficient (Wildman–Crippen LogP) is 2.03. The highest BCUT2D eigenvalue weighted by Gasteiger charge is 2.19. The first-order chi connectivity index (χ1) is 8.70. The molecule has 1 aromatic rings. The van der Waals surface area contributed by atoms with Crippen molar-refractivity contribution in [2.45, 2.75) is 19.4 Å². The van der Waals surface area contributed by atoms with Crippen molar-refractivity contribution in [3.05, 3.63) is 35.6 Å². The maximum Gasteiger partial charge on any atom is 0.128 e. The number of hydrogen-bond acceptors (Lipinski definition) is 3. The summed E-state index contributed by atoms with van der Waals surface area (Å²) in [5, 5.41) is 2.21. The molecule has 1 N–H and O–H groups in total. The van der Waals surface area contributed by atoms with Crippen molar-refractivity contribution in [3.63, 3.8) is 0 Å². The van der Waals surface area contributed by atoms with E-state index in [0.717, 1.165) is 38.2 Å². The van der Waals surface area contributed by atoms with Crippen molar-refractivity contribution >= 4 is 0 Å². The van der Waals surface area contributed by atoms with Crippen molar-refractivity contribution in [3.8, 4) is 0 Å². The van der Waals surface area contributed by atoms with Crippen LogP contribution in [0.15, 0.2) is 24.3 Å². The SMILES string of the molecule is CCC(NN1CCN(C)CC1)c1ccccc1F. The fourth-order valence-electron chi connectivity index (χ4n) is 2.29. The second-order valence-electron chi connectivity index (χ2n) is 4.90. The number of hydrazine groups is 1. The summed E-state index contributed by atoms with van der Waals surface area (Å²) in [5.74, 6) is -0.119. The Balaban J connectivity index is 1.99. The third-order valence-electron chi connectivity index (χ3n) is 3.53. The molecule has 4 heteroatoms. The quantitative estimate of drug-likeness (QED) is 0.883. The Morgan fingerprint density at radius 1 is 1.22 bits per heavy atom. The van der Waals surface area contributed by atoms with E-state index in [1.54, 1.807) is 6.07 Å². The van der Waals surface area contributed by atoms with Crippen LogP contribution in [0, 0.1) is 5.82 Å². The zero-order chi connectivity index (χ0) is 13.0. The van der Waals surface area contributed by atoms with Crippen LogP contribution in [0.1, 0.15) is 24.9 Å². The monoisotopic (exact) mass is 251 g/mol. The molecule has 1 unspecified atom stereocenters. The Kier molecular flexibility index (Phi) is 4.69. The summed E-state index contributed by atoms with van der Waals surface area (Å²) in [6.07, 6.45) is 0.882. The smallest absolute Gasteiger partial charge is 0.128 e. The molecule has 3 nitrogen and oxygen atoms in total. The van der Waals surface area contributed by atoms with Crippen LogP contribution in [0.4, 0.5) is 4.39 Å². The highest BCUT2D eigenvalue weighted by molar-refractivity contribution is 5.20. The molecular formula is C14H22FN3. The fourth-order valence-corrected chi connectivity index (χ4v) is 2.29. The van der Waals surface area contributed by atoms with E-state index in [1.807, 2.05) is 12.1 Å². The van der Waals surface area contributed by atoms with E-state index in [-0.39, 0.29) is 11.9 Å². The van der Waals surface area contributed by atoms with Crippen molar-refractivity contribution in [2.24, 2.45) is 0 Å². The van der Waals surface area contributed by atoms with Crippen molar-refractivity contribution in [2.75, 3.05) is 33.2 Å². The fraction of sp³-hybridized carbons (Fsp3) is 0.571. The number of hydrogen-bond donors (Lipinski definition) is 1. The zero-order valence-electron chi connectivity index (χ0n) is 11.2. The minimum atomic E-state index is -0.119. The van der Waals surface area contributed by atoms with Gasteiger partial charge in [-0.2, -0.15) is 0 Å². The Bertz CT molecular complexity index is 375. The molecule has 1 saturated heterocycles. The van der Waals surface area contributed by atoms with Crippen molar-refractivity contribution < 1.29 is 4.39 Å². The van der Waals surface area contributed by atoms with Crippen LogP contribution in [0.5, 0.6) is 0 Å². The first-order valence-corrected chi connectivity index (χ1v) is 6.64. The van der Waals surface area contributed by atoms with E-state index in [1.165, 1.54) is 6.07 Å². The van der Waals surface area contributed by atoms with Gasteiger partial charge in [-0.1, -0.05) is 25.1 Å². The van der Waals surface area contributed by atoms with Crippen LogP contribution < -0.4 is 5.43 Å². The van der Waals surface area contributed by atoms with Gasteiger partial charge in [0, 0.05) is 37.8 Å². The van der Waals surface area contributed by atoms with Crippen LogP contribution >= 0.6 is 0 Å². The van der Waals surface area contributed by atoms with Crippen molar-refractivity contribution in [1.29, 1.82) is 0 Å². The molecule has 1 aromatic carbocycles. The molecule has 1 aliphatic rings. The first-order valence-electron chi connectivity index (χ1n) is 6.64. The van der Waals surface area contributed by atoms with Gasteiger partial charge in [-0.25, -0.2) is 14.8 Å². The molecule has 18 heavy (non-hydrogen) atoms. The molecule has 1 atom stereocenters. The van der Waals surface area contributed by atoms with E-state index in [0.29, 0.717) is 0 Å². The van der Waals surface area contributed by atoms with Gasteiger partial charge in [0.05, 0.1) is 0 Å². The molecule has 0 radical (unpaired) electrons. The average molecular weight is 251 g/mol. The van der Waals surface area contributed by atoms with E-state index >= 15 is 0 Å². The van der Waals surface area contributed by atoms with Gasteiger partial charge >= 0.3 is 0 Å².